The molecule has 0 radical (unpaired) electrons. The highest BCUT2D eigenvalue weighted by molar-refractivity contribution is 7.91. The quantitative estimate of drug-likeness (QED) is 0.584. The van der Waals surface area contributed by atoms with Crippen molar-refractivity contribution in [2.75, 3.05) is 13.7 Å². The van der Waals surface area contributed by atoms with E-state index in [1.807, 2.05) is 6.07 Å². The van der Waals surface area contributed by atoms with E-state index in [2.05, 4.69) is 10.1 Å². The van der Waals surface area contributed by atoms with Gasteiger partial charge in [-0.2, -0.15) is 0 Å². The summed E-state index contributed by atoms with van der Waals surface area (Å²) < 4.78 is 31.8. The molecular formula is C17H18N2O7S2. The number of carbonyl (C=O) groups is 3. The van der Waals surface area contributed by atoms with Crippen molar-refractivity contribution < 1.29 is 32.3 Å². The van der Waals surface area contributed by atoms with E-state index in [4.69, 9.17) is 9.88 Å². The van der Waals surface area contributed by atoms with Gasteiger partial charge in [0.1, 0.15) is 10.3 Å². The lowest BCUT2D eigenvalue weighted by molar-refractivity contribution is -0.145. The first-order valence-corrected chi connectivity index (χ1v) is 10.3. The smallest absolute Gasteiger partial charge is 0.339 e. The fraction of sp³-hybridized carbons (Fsp3) is 0.235. The van der Waals surface area contributed by atoms with E-state index >= 15 is 0 Å². The van der Waals surface area contributed by atoms with Gasteiger partial charge in [0, 0.05) is 11.8 Å². The van der Waals surface area contributed by atoms with Crippen molar-refractivity contribution in [2.24, 2.45) is 5.14 Å². The van der Waals surface area contributed by atoms with Crippen molar-refractivity contribution in [3.63, 3.8) is 0 Å². The first kappa shape index (κ1) is 21.5. The molecule has 1 amide bonds. The van der Waals surface area contributed by atoms with E-state index in [1.165, 1.54) is 12.5 Å². The molecule has 11 heteroatoms. The molecule has 1 aromatic heterocycles. The van der Waals surface area contributed by atoms with Crippen molar-refractivity contribution in [1.29, 1.82) is 0 Å². The monoisotopic (exact) mass is 426 g/mol. The Hall–Kier alpha value is -2.76. The van der Waals surface area contributed by atoms with Crippen molar-refractivity contribution in [1.82, 2.24) is 5.32 Å². The molecule has 0 fully saturated rings. The zero-order valence-electron chi connectivity index (χ0n) is 14.8. The molecule has 0 aliphatic carbocycles. The van der Waals surface area contributed by atoms with E-state index < -0.39 is 40.5 Å². The lowest BCUT2D eigenvalue weighted by Crippen LogP contribution is -2.44. The molecule has 2 aromatic rings. The number of ether oxygens (including phenoxy) is 2. The summed E-state index contributed by atoms with van der Waals surface area (Å²) in [4.78, 5) is 35.9. The van der Waals surface area contributed by atoms with E-state index in [1.54, 1.807) is 24.3 Å². The summed E-state index contributed by atoms with van der Waals surface area (Å²) in [6.07, 6.45) is 0.204. The lowest BCUT2D eigenvalue weighted by atomic mass is 10.1. The summed E-state index contributed by atoms with van der Waals surface area (Å²) in [7, 11) is -2.72. The van der Waals surface area contributed by atoms with Gasteiger partial charge in [-0.05, 0) is 11.6 Å². The van der Waals surface area contributed by atoms with Gasteiger partial charge in [0.05, 0.1) is 12.7 Å². The van der Waals surface area contributed by atoms with Gasteiger partial charge in [-0.25, -0.2) is 23.1 Å². The minimum absolute atomic E-state index is 0.0457. The third-order valence-corrected chi connectivity index (χ3v) is 5.92. The number of thiophene rings is 1. The van der Waals surface area contributed by atoms with Crippen LogP contribution in [-0.2, 0) is 35.5 Å². The summed E-state index contributed by atoms with van der Waals surface area (Å²) >= 11 is 0.762. The molecule has 1 aromatic carbocycles. The lowest BCUT2D eigenvalue weighted by Gasteiger charge is -2.16. The van der Waals surface area contributed by atoms with Gasteiger partial charge >= 0.3 is 11.9 Å². The highest BCUT2D eigenvalue weighted by atomic mass is 32.2. The predicted molar refractivity (Wildman–Crippen MR) is 100 cm³/mol. The molecule has 9 nitrogen and oxygen atoms in total. The first-order valence-electron chi connectivity index (χ1n) is 7.90. The summed E-state index contributed by atoms with van der Waals surface area (Å²) in [5, 5.41) is 8.68. The van der Waals surface area contributed by atoms with Gasteiger partial charge in [-0.15, -0.1) is 11.3 Å². The average Bonchev–Trinajstić information content (AvgIpc) is 3.16. The second kappa shape index (κ2) is 9.44. The SMILES string of the molecule is COC(=O)C(Cc1ccccc1)NC(=O)COC(=O)c1csc(S(N)(=O)=O)c1. The van der Waals surface area contributed by atoms with Crippen LogP contribution in [0.4, 0.5) is 0 Å². The fourth-order valence-corrected chi connectivity index (χ4v) is 3.78. The largest absolute Gasteiger partial charge is 0.467 e. The number of primary sulfonamides is 1. The van der Waals surface area contributed by atoms with Gasteiger partial charge < -0.3 is 14.8 Å². The second-order valence-corrected chi connectivity index (χ2v) is 8.31. The van der Waals surface area contributed by atoms with E-state index in [0.29, 0.717) is 0 Å². The summed E-state index contributed by atoms with van der Waals surface area (Å²) in [5.41, 5.74) is 0.764. The number of methoxy groups -OCH3 is 1. The van der Waals surface area contributed by atoms with E-state index in [9.17, 15) is 22.8 Å². The predicted octanol–water partition coefficient (Wildman–Crippen LogP) is 0.453. The van der Waals surface area contributed by atoms with Crippen LogP contribution in [0.1, 0.15) is 15.9 Å². The molecule has 0 saturated heterocycles. The molecule has 2 rings (SSSR count). The Morgan fingerprint density at radius 3 is 2.46 bits per heavy atom. The Morgan fingerprint density at radius 1 is 1.21 bits per heavy atom. The van der Waals surface area contributed by atoms with Crippen LogP contribution < -0.4 is 10.5 Å². The minimum atomic E-state index is -3.92. The van der Waals surface area contributed by atoms with Crippen LogP contribution in [0.3, 0.4) is 0 Å². The Labute approximate surface area is 165 Å². The van der Waals surface area contributed by atoms with Crippen molar-refractivity contribution in [3.8, 4) is 0 Å². The van der Waals surface area contributed by atoms with Crippen LogP contribution in [-0.4, -0.2) is 46.0 Å². The average molecular weight is 426 g/mol. The van der Waals surface area contributed by atoms with Crippen LogP contribution in [0, 0.1) is 0 Å². The number of carbonyl (C=O) groups excluding carboxylic acids is 3. The molecule has 0 aliphatic heterocycles. The third kappa shape index (κ3) is 6.15. The van der Waals surface area contributed by atoms with Crippen molar-refractivity contribution in [2.45, 2.75) is 16.7 Å². The molecule has 1 heterocycles. The highest BCUT2D eigenvalue weighted by Crippen LogP contribution is 2.19. The minimum Gasteiger partial charge on any atom is -0.467 e. The zero-order valence-corrected chi connectivity index (χ0v) is 16.4. The normalized spacial score (nSPS) is 12.1. The number of benzene rings is 1. The number of hydrogen-bond donors (Lipinski definition) is 2. The topological polar surface area (TPSA) is 142 Å². The van der Waals surface area contributed by atoms with Crippen LogP contribution in [0.2, 0.25) is 0 Å². The Balaban J connectivity index is 1.94. The number of nitrogens with two attached hydrogens (primary N) is 1. The Bertz CT molecular complexity index is 955. The molecule has 0 spiro atoms. The van der Waals surface area contributed by atoms with Gasteiger partial charge in [0.25, 0.3) is 5.91 Å². The standard InChI is InChI=1S/C17H18N2O7S2/c1-25-17(22)13(7-11-5-3-2-4-6-11)19-14(20)9-26-16(21)12-8-15(27-10-12)28(18,23)24/h2-6,8,10,13H,7,9H2,1H3,(H,19,20)(H2,18,23,24). The third-order valence-electron chi connectivity index (χ3n) is 3.53. The summed E-state index contributed by atoms with van der Waals surface area (Å²) in [5.74, 6) is -2.24. The Kier molecular flexibility index (Phi) is 7.26. The summed E-state index contributed by atoms with van der Waals surface area (Å²) in [6, 6.07) is 9.11. The van der Waals surface area contributed by atoms with Gasteiger partial charge in [0.15, 0.2) is 6.61 Å². The molecule has 150 valence electrons. The number of sulfonamides is 1. The summed E-state index contributed by atoms with van der Waals surface area (Å²) in [6.45, 7) is -0.651. The van der Waals surface area contributed by atoms with Crippen molar-refractivity contribution >= 4 is 39.2 Å². The number of rotatable bonds is 8. The second-order valence-electron chi connectivity index (χ2n) is 5.61. The molecule has 3 N–H and O–H groups in total. The highest BCUT2D eigenvalue weighted by Gasteiger charge is 2.23. The number of amides is 1. The Morgan fingerprint density at radius 2 is 1.89 bits per heavy atom. The van der Waals surface area contributed by atoms with Crippen LogP contribution in [0.25, 0.3) is 0 Å². The maximum Gasteiger partial charge on any atom is 0.339 e. The molecular weight excluding hydrogens is 408 g/mol. The van der Waals surface area contributed by atoms with Crippen LogP contribution in [0.15, 0.2) is 46.0 Å². The zero-order chi connectivity index (χ0) is 20.7. The molecule has 1 unspecified atom stereocenters. The maximum atomic E-state index is 12.1. The number of esters is 2. The van der Waals surface area contributed by atoms with Crippen molar-refractivity contribution in [3.05, 3.63) is 52.9 Å². The fourth-order valence-electron chi connectivity index (χ4n) is 2.21. The molecule has 28 heavy (non-hydrogen) atoms. The van der Waals surface area contributed by atoms with Gasteiger partial charge in [-0.3, -0.25) is 4.79 Å². The first-order chi connectivity index (χ1) is 13.2. The molecule has 0 saturated carbocycles. The molecule has 0 bridgehead atoms. The van der Waals surface area contributed by atoms with Gasteiger partial charge in [-0.1, -0.05) is 30.3 Å². The molecule has 1 atom stereocenters. The van der Waals surface area contributed by atoms with E-state index in [-0.39, 0.29) is 16.2 Å². The van der Waals surface area contributed by atoms with Crippen LogP contribution in [0.5, 0.6) is 0 Å². The van der Waals surface area contributed by atoms with Crippen LogP contribution >= 0.6 is 11.3 Å². The number of hydrogen-bond acceptors (Lipinski definition) is 8. The number of nitrogens with one attached hydrogen (secondary N) is 1. The molecule has 0 aliphatic rings. The van der Waals surface area contributed by atoms with E-state index in [0.717, 1.165) is 23.0 Å². The van der Waals surface area contributed by atoms with Gasteiger partial charge in [0.2, 0.25) is 10.0 Å². The maximum absolute atomic E-state index is 12.1.